The molecule has 0 radical (unpaired) electrons. The summed E-state index contributed by atoms with van der Waals surface area (Å²) >= 11 is 0. The van der Waals surface area contributed by atoms with Crippen LogP contribution in [0.5, 0.6) is 0 Å². The molecule has 4 heteroatoms. The average molecular weight is 242 g/mol. The lowest BCUT2D eigenvalue weighted by molar-refractivity contribution is -0.482. The molecule has 0 amide bonds. The van der Waals surface area contributed by atoms with Crippen LogP contribution in [0.3, 0.4) is 0 Å². The summed E-state index contributed by atoms with van der Waals surface area (Å²) in [6, 6.07) is 0. The fraction of sp³-hybridized carbons (Fsp3) is 0.846. The first kappa shape index (κ1) is 15.9. The highest BCUT2D eigenvalue weighted by Gasteiger charge is 2.14. The zero-order valence-corrected chi connectivity index (χ0v) is 11.2. The zero-order chi connectivity index (χ0) is 12.9. The monoisotopic (exact) mass is 242 g/mol. The number of unbranched alkanes of at least 4 members (excludes halogenated alkanes) is 5. The van der Waals surface area contributed by atoms with Crippen molar-refractivity contribution in [2.24, 2.45) is 0 Å². The zero-order valence-electron chi connectivity index (χ0n) is 11.2. The van der Waals surface area contributed by atoms with Gasteiger partial charge < -0.3 is 9.90 Å². The normalized spacial score (nSPS) is 14.0. The molecule has 4 nitrogen and oxygen atoms in total. The fourth-order valence-electron chi connectivity index (χ4n) is 1.95. The smallest absolute Gasteiger partial charge is 0.234 e. The molecule has 17 heavy (non-hydrogen) atoms. The summed E-state index contributed by atoms with van der Waals surface area (Å²) in [6.07, 6.45) is 10.7. The van der Waals surface area contributed by atoms with Crippen molar-refractivity contribution in [2.75, 3.05) is 26.7 Å². The molecule has 0 spiro atoms. The van der Waals surface area contributed by atoms with Gasteiger partial charge in [0, 0.05) is 6.47 Å². The predicted octanol–water partition coefficient (Wildman–Crippen LogP) is 0.699. The molecule has 0 saturated heterocycles. The first-order valence-corrected chi connectivity index (χ1v) is 6.59. The molecule has 0 atom stereocenters. The van der Waals surface area contributed by atoms with Crippen LogP contribution >= 0.6 is 0 Å². The molecule has 0 aromatic carbocycles. The average Bonchev–Trinajstić information content (AvgIpc) is 2.70. The Balaban J connectivity index is 0.000000770. The van der Waals surface area contributed by atoms with Gasteiger partial charge in [0.1, 0.15) is 13.1 Å². The van der Waals surface area contributed by atoms with Gasteiger partial charge in [-0.2, -0.15) is 0 Å². The number of likely N-dealkylation sites (N-methyl/N-ethyl adjacent to an activating group) is 1. The first-order chi connectivity index (χ1) is 8.24. The summed E-state index contributed by atoms with van der Waals surface area (Å²) in [5.74, 6) is 0. The Kier molecular flexibility index (Phi) is 10.7. The molecular weight excluding hydrogens is 216 g/mol. The minimum Gasteiger partial charge on any atom is -0.554 e. The summed E-state index contributed by atoms with van der Waals surface area (Å²) in [5, 5.41) is 8.25. The van der Waals surface area contributed by atoms with E-state index in [9.17, 15) is 0 Å². The second-order valence-corrected chi connectivity index (χ2v) is 4.50. The summed E-state index contributed by atoms with van der Waals surface area (Å²) in [4.78, 5) is 10.7. The molecule has 0 aliphatic carbocycles. The lowest BCUT2D eigenvalue weighted by Gasteiger charge is -2.05. The second-order valence-electron chi connectivity index (χ2n) is 4.50. The maximum absolute atomic E-state index is 8.25. The van der Waals surface area contributed by atoms with Crippen molar-refractivity contribution < 1.29 is 14.5 Å². The Morgan fingerprint density at radius 2 is 1.88 bits per heavy atom. The Morgan fingerprint density at radius 3 is 2.41 bits per heavy atom. The molecule has 1 heterocycles. The van der Waals surface area contributed by atoms with E-state index < -0.39 is 6.47 Å². The maximum atomic E-state index is 8.25. The lowest BCUT2D eigenvalue weighted by Crippen LogP contribution is -2.20. The van der Waals surface area contributed by atoms with E-state index in [1.165, 1.54) is 58.2 Å². The number of carboxylic acid groups (broad SMARTS) is 1. The van der Waals surface area contributed by atoms with E-state index >= 15 is 0 Å². The number of hydrogen-bond acceptors (Lipinski definition) is 3. The van der Waals surface area contributed by atoms with Crippen LogP contribution in [-0.2, 0) is 4.79 Å². The number of nitrogens with zero attached hydrogens (tertiary/aromatic N) is 2. The predicted molar refractivity (Wildman–Crippen MR) is 68.1 cm³/mol. The number of hydrogen-bond donors (Lipinski definition) is 0. The van der Waals surface area contributed by atoms with Crippen LogP contribution in [0.15, 0.2) is 0 Å². The minimum atomic E-state index is -0.500. The first-order valence-electron chi connectivity index (χ1n) is 6.59. The third kappa shape index (κ3) is 9.85. The van der Waals surface area contributed by atoms with Crippen molar-refractivity contribution in [2.45, 2.75) is 45.4 Å². The molecule has 1 aliphatic rings. The molecule has 0 saturated carbocycles. The van der Waals surface area contributed by atoms with Crippen molar-refractivity contribution in [1.82, 2.24) is 4.90 Å². The van der Waals surface area contributed by atoms with Gasteiger partial charge in [0.2, 0.25) is 6.34 Å². The van der Waals surface area contributed by atoms with Crippen LogP contribution in [0.2, 0.25) is 0 Å². The van der Waals surface area contributed by atoms with Gasteiger partial charge in [-0.15, -0.1) is 0 Å². The van der Waals surface area contributed by atoms with Gasteiger partial charge in [-0.3, -0.25) is 9.48 Å². The van der Waals surface area contributed by atoms with Crippen LogP contribution in [-0.4, -0.2) is 49.0 Å². The standard InChI is InChI=1S/C12H25N2.CH2O2/c1-3-4-5-6-7-8-9-14-11-10-13(2)12-14;2-1-3/h12H,3-11H2,1-2H3;1H,(H,2,3)/q+1;/p-1. The second kappa shape index (κ2) is 11.4. The van der Waals surface area contributed by atoms with E-state index in [0.717, 1.165) is 0 Å². The lowest BCUT2D eigenvalue weighted by atomic mass is 10.1. The molecule has 100 valence electrons. The van der Waals surface area contributed by atoms with Gasteiger partial charge in [-0.1, -0.05) is 32.6 Å². The Morgan fingerprint density at radius 1 is 1.29 bits per heavy atom. The van der Waals surface area contributed by atoms with Gasteiger partial charge in [0.25, 0.3) is 0 Å². The van der Waals surface area contributed by atoms with Gasteiger partial charge in [0.05, 0.1) is 13.6 Å². The minimum absolute atomic E-state index is 0.500. The van der Waals surface area contributed by atoms with E-state index in [-0.39, 0.29) is 0 Å². The van der Waals surface area contributed by atoms with Crippen molar-refractivity contribution >= 4 is 12.8 Å². The van der Waals surface area contributed by atoms with E-state index in [0.29, 0.717) is 0 Å². The van der Waals surface area contributed by atoms with Crippen LogP contribution in [0, 0.1) is 0 Å². The van der Waals surface area contributed by atoms with E-state index in [2.05, 4.69) is 29.8 Å². The number of carbonyl (C=O) groups excluding carboxylic acids is 1. The third-order valence-electron chi connectivity index (χ3n) is 2.90. The SMILES string of the molecule is CCCCCCCCN1C=[N+](C)CC1.O=C[O-]. The van der Waals surface area contributed by atoms with E-state index in [1.807, 2.05) is 0 Å². The van der Waals surface area contributed by atoms with Crippen molar-refractivity contribution in [3.63, 3.8) is 0 Å². The highest BCUT2D eigenvalue weighted by atomic mass is 16.3. The summed E-state index contributed by atoms with van der Waals surface area (Å²) < 4.78 is 2.27. The van der Waals surface area contributed by atoms with Crippen molar-refractivity contribution in [1.29, 1.82) is 0 Å². The van der Waals surface area contributed by atoms with Crippen LogP contribution < -0.4 is 5.11 Å². The summed E-state index contributed by atoms with van der Waals surface area (Å²) in [6.45, 7) is 5.47. The van der Waals surface area contributed by atoms with Crippen LogP contribution in [0.4, 0.5) is 0 Å². The summed E-state index contributed by atoms with van der Waals surface area (Å²) in [7, 11) is 2.15. The van der Waals surface area contributed by atoms with Gasteiger partial charge >= 0.3 is 0 Å². The highest BCUT2D eigenvalue weighted by Crippen LogP contribution is 2.06. The van der Waals surface area contributed by atoms with Crippen molar-refractivity contribution in [3.05, 3.63) is 0 Å². The van der Waals surface area contributed by atoms with Crippen LogP contribution in [0.1, 0.15) is 45.4 Å². The fourth-order valence-corrected chi connectivity index (χ4v) is 1.95. The molecular formula is C13H26N2O2. The van der Waals surface area contributed by atoms with Crippen LogP contribution in [0.25, 0.3) is 0 Å². The molecule has 0 bridgehead atoms. The number of rotatable bonds is 7. The quantitative estimate of drug-likeness (QED) is 0.375. The Bertz CT molecular complexity index is 217. The molecule has 0 unspecified atom stereocenters. The Hall–Kier alpha value is -1.06. The molecule has 0 aromatic heterocycles. The molecule has 0 N–H and O–H groups in total. The molecule has 0 fully saturated rings. The molecule has 1 rings (SSSR count). The summed E-state index contributed by atoms with van der Waals surface area (Å²) in [5.41, 5.74) is 0. The largest absolute Gasteiger partial charge is 0.554 e. The van der Waals surface area contributed by atoms with Gasteiger partial charge in [0.15, 0.2) is 0 Å². The van der Waals surface area contributed by atoms with Crippen molar-refractivity contribution in [3.8, 4) is 0 Å². The maximum Gasteiger partial charge on any atom is 0.234 e. The Labute approximate surface area is 105 Å². The number of carbonyl (C=O) groups is 1. The molecule has 1 aliphatic heterocycles. The molecule has 0 aromatic rings. The van der Waals surface area contributed by atoms with E-state index in [4.69, 9.17) is 9.90 Å². The van der Waals surface area contributed by atoms with Gasteiger partial charge in [-0.05, 0) is 12.8 Å². The third-order valence-corrected chi connectivity index (χ3v) is 2.90. The topological polar surface area (TPSA) is 46.4 Å². The van der Waals surface area contributed by atoms with E-state index in [1.54, 1.807) is 0 Å². The van der Waals surface area contributed by atoms with Gasteiger partial charge in [-0.25, -0.2) is 0 Å². The highest BCUT2D eigenvalue weighted by molar-refractivity contribution is 5.50.